The van der Waals surface area contributed by atoms with Crippen LogP contribution in [0.1, 0.15) is 5.56 Å². The summed E-state index contributed by atoms with van der Waals surface area (Å²) < 4.78 is 17.6. The molecular formula is C12H16FNO3. The standard InChI is InChI=1S/C12H16FNO3/c1-17-8-11(15)7-14-12(16)6-9-3-2-4-10(13)5-9/h2-5,11,15H,6-8H2,1H3,(H,14,16). The van der Waals surface area contributed by atoms with E-state index in [4.69, 9.17) is 4.74 Å². The molecule has 1 unspecified atom stereocenters. The minimum absolute atomic E-state index is 0.0947. The zero-order valence-electron chi connectivity index (χ0n) is 9.65. The van der Waals surface area contributed by atoms with Crippen LogP contribution in [-0.4, -0.2) is 37.4 Å². The number of halogens is 1. The number of carbonyl (C=O) groups is 1. The van der Waals surface area contributed by atoms with Crippen LogP contribution in [0.4, 0.5) is 4.39 Å². The molecule has 0 radical (unpaired) electrons. The summed E-state index contributed by atoms with van der Waals surface area (Å²) in [6.45, 7) is 0.294. The van der Waals surface area contributed by atoms with Gasteiger partial charge in [0.25, 0.3) is 0 Å². The van der Waals surface area contributed by atoms with Crippen LogP contribution in [0.2, 0.25) is 0 Å². The van der Waals surface area contributed by atoms with E-state index in [1.807, 2.05) is 0 Å². The minimum atomic E-state index is -0.726. The fourth-order valence-electron chi connectivity index (χ4n) is 1.38. The third-order valence-corrected chi connectivity index (χ3v) is 2.15. The highest BCUT2D eigenvalue weighted by atomic mass is 19.1. The summed E-state index contributed by atoms with van der Waals surface area (Å²) in [5.41, 5.74) is 0.601. The van der Waals surface area contributed by atoms with Gasteiger partial charge in [0.2, 0.25) is 5.91 Å². The summed E-state index contributed by atoms with van der Waals surface area (Å²) in [6, 6.07) is 5.86. The molecule has 1 amide bonds. The van der Waals surface area contributed by atoms with E-state index >= 15 is 0 Å². The van der Waals surface area contributed by atoms with Crippen molar-refractivity contribution < 1.29 is 19.0 Å². The van der Waals surface area contributed by atoms with Crippen LogP contribution >= 0.6 is 0 Å². The Labute approximate surface area is 99.4 Å². The largest absolute Gasteiger partial charge is 0.389 e. The second-order valence-corrected chi connectivity index (χ2v) is 3.72. The first-order valence-corrected chi connectivity index (χ1v) is 5.30. The second-order valence-electron chi connectivity index (χ2n) is 3.72. The maximum absolute atomic E-state index is 12.8. The molecule has 0 heterocycles. The fraction of sp³-hybridized carbons (Fsp3) is 0.417. The quantitative estimate of drug-likeness (QED) is 0.762. The lowest BCUT2D eigenvalue weighted by atomic mass is 10.1. The van der Waals surface area contributed by atoms with Gasteiger partial charge in [0, 0.05) is 13.7 Å². The first-order valence-electron chi connectivity index (χ1n) is 5.30. The summed E-state index contributed by atoms with van der Waals surface area (Å²) in [7, 11) is 1.47. The topological polar surface area (TPSA) is 58.6 Å². The van der Waals surface area contributed by atoms with Gasteiger partial charge in [0.05, 0.1) is 19.1 Å². The number of aliphatic hydroxyl groups excluding tert-OH is 1. The summed E-state index contributed by atoms with van der Waals surface area (Å²) in [5, 5.41) is 11.9. The lowest BCUT2D eigenvalue weighted by Gasteiger charge is -2.10. The Kier molecular flexibility index (Phi) is 5.59. The van der Waals surface area contributed by atoms with Crippen molar-refractivity contribution >= 4 is 5.91 Å². The van der Waals surface area contributed by atoms with Crippen molar-refractivity contribution in [2.45, 2.75) is 12.5 Å². The number of methoxy groups -OCH3 is 1. The van der Waals surface area contributed by atoms with Gasteiger partial charge < -0.3 is 15.2 Å². The number of amides is 1. The molecule has 1 rings (SSSR count). The number of benzene rings is 1. The minimum Gasteiger partial charge on any atom is -0.389 e. The van der Waals surface area contributed by atoms with Crippen LogP contribution < -0.4 is 5.32 Å². The second kappa shape index (κ2) is 6.98. The molecule has 0 bridgehead atoms. The molecule has 17 heavy (non-hydrogen) atoms. The maximum atomic E-state index is 12.8. The highest BCUT2D eigenvalue weighted by Crippen LogP contribution is 2.03. The normalized spacial score (nSPS) is 12.2. The number of carbonyl (C=O) groups excluding carboxylic acids is 1. The summed E-state index contributed by atoms with van der Waals surface area (Å²) >= 11 is 0. The third kappa shape index (κ3) is 5.42. The van der Waals surface area contributed by atoms with E-state index in [2.05, 4.69) is 5.32 Å². The van der Waals surface area contributed by atoms with Crippen LogP contribution in [-0.2, 0) is 16.0 Å². The van der Waals surface area contributed by atoms with Crippen molar-refractivity contribution in [2.75, 3.05) is 20.3 Å². The van der Waals surface area contributed by atoms with Crippen LogP contribution in [0.3, 0.4) is 0 Å². The Balaban J connectivity index is 2.34. The molecule has 0 aliphatic carbocycles. The van der Waals surface area contributed by atoms with E-state index in [0.29, 0.717) is 5.56 Å². The van der Waals surface area contributed by atoms with Crippen molar-refractivity contribution in [2.24, 2.45) is 0 Å². The number of hydrogen-bond acceptors (Lipinski definition) is 3. The maximum Gasteiger partial charge on any atom is 0.224 e. The predicted molar refractivity (Wildman–Crippen MR) is 61.0 cm³/mol. The molecule has 0 spiro atoms. The molecule has 4 nitrogen and oxygen atoms in total. The first kappa shape index (κ1) is 13.6. The zero-order valence-corrected chi connectivity index (χ0v) is 9.65. The Hall–Kier alpha value is -1.46. The Morgan fingerprint density at radius 1 is 1.59 bits per heavy atom. The van der Waals surface area contributed by atoms with Crippen molar-refractivity contribution in [3.05, 3.63) is 35.6 Å². The van der Waals surface area contributed by atoms with Gasteiger partial charge in [-0.25, -0.2) is 4.39 Å². The van der Waals surface area contributed by atoms with Gasteiger partial charge in [-0.2, -0.15) is 0 Å². The Bertz CT molecular complexity index is 371. The van der Waals surface area contributed by atoms with Crippen LogP contribution in [0.15, 0.2) is 24.3 Å². The summed E-state index contributed by atoms with van der Waals surface area (Å²) in [4.78, 5) is 11.4. The van der Waals surface area contributed by atoms with Crippen molar-refractivity contribution in [3.8, 4) is 0 Å². The van der Waals surface area contributed by atoms with E-state index in [9.17, 15) is 14.3 Å². The van der Waals surface area contributed by atoms with Crippen molar-refractivity contribution in [1.29, 1.82) is 0 Å². The van der Waals surface area contributed by atoms with Crippen molar-refractivity contribution in [3.63, 3.8) is 0 Å². The molecule has 0 saturated heterocycles. The van der Waals surface area contributed by atoms with E-state index in [1.165, 1.54) is 19.2 Å². The number of rotatable bonds is 6. The molecule has 94 valence electrons. The van der Waals surface area contributed by atoms with Gasteiger partial charge in [-0.3, -0.25) is 4.79 Å². The molecule has 2 N–H and O–H groups in total. The highest BCUT2D eigenvalue weighted by molar-refractivity contribution is 5.78. The molecule has 0 fully saturated rings. The molecule has 1 atom stereocenters. The van der Waals surface area contributed by atoms with Gasteiger partial charge in [-0.05, 0) is 17.7 Å². The first-order chi connectivity index (χ1) is 8.11. The number of ether oxygens (including phenoxy) is 1. The van der Waals surface area contributed by atoms with Gasteiger partial charge in [0.15, 0.2) is 0 Å². The van der Waals surface area contributed by atoms with Crippen LogP contribution in [0.5, 0.6) is 0 Å². The van der Waals surface area contributed by atoms with Gasteiger partial charge in [-0.15, -0.1) is 0 Å². The van der Waals surface area contributed by atoms with Crippen LogP contribution in [0, 0.1) is 5.82 Å². The monoisotopic (exact) mass is 241 g/mol. The number of hydrogen-bond donors (Lipinski definition) is 2. The molecular weight excluding hydrogens is 225 g/mol. The third-order valence-electron chi connectivity index (χ3n) is 2.15. The van der Waals surface area contributed by atoms with Gasteiger partial charge in [-0.1, -0.05) is 12.1 Å². The van der Waals surface area contributed by atoms with E-state index in [0.717, 1.165) is 0 Å². The SMILES string of the molecule is COCC(O)CNC(=O)Cc1cccc(F)c1. The predicted octanol–water partition coefficient (Wildman–Crippen LogP) is 0.492. The number of aliphatic hydroxyl groups is 1. The lowest BCUT2D eigenvalue weighted by Crippen LogP contribution is -2.35. The molecule has 0 aliphatic rings. The van der Waals surface area contributed by atoms with Gasteiger partial charge >= 0.3 is 0 Å². The average molecular weight is 241 g/mol. The van der Waals surface area contributed by atoms with Crippen LogP contribution in [0.25, 0.3) is 0 Å². The molecule has 0 aromatic heterocycles. The van der Waals surface area contributed by atoms with E-state index in [-0.39, 0.29) is 31.3 Å². The molecule has 0 saturated carbocycles. The summed E-state index contributed by atoms with van der Waals surface area (Å²) in [5.74, 6) is -0.625. The Morgan fingerprint density at radius 3 is 3.00 bits per heavy atom. The molecule has 1 aromatic carbocycles. The molecule has 5 heteroatoms. The zero-order chi connectivity index (χ0) is 12.7. The molecule has 0 aliphatic heterocycles. The number of nitrogens with one attached hydrogen (secondary N) is 1. The average Bonchev–Trinajstić information content (AvgIpc) is 2.27. The van der Waals surface area contributed by atoms with E-state index in [1.54, 1.807) is 12.1 Å². The highest BCUT2D eigenvalue weighted by Gasteiger charge is 2.07. The Morgan fingerprint density at radius 2 is 2.35 bits per heavy atom. The van der Waals surface area contributed by atoms with E-state index < -0.39 is 6.10 Å². The summed E-state index contributed by atoms with van der Waals surface area (Å²) in [6.07, 6.45) is -0.631. The molecule has 1 aromatic rings. The van der Waals surface area contributed by atoms with Crippen molar-refractivity contribution in [1.82, 2.24) is 5.32 Å². The fourth-order valence-corrected chi connectivity index (χ4v) is 1.38. The lowest BCUT2D eigenvalue weighted by molar-refractivity contribution is -0.121. The van der Waals surface area contributed by atoms with Gasteiger partial charge in [0.1, 0.15) is 5.82 Å². The smallest absolute Gasteiger partial charge is 0.224 e.